The first-order valence-electron chi connectivity index (χ1n) is 9.86. The Hall–Kier alpha value is -2.82. The summed E-state index contributed by atoms with van der Waals surface area (Å²) >= 11 is 0. The van der Waals surface area contributed by atoms with E-state index in [9.17, 15) is 0 Å². The number of rotatable bonds is 5. The molecule has 0 aliphatic carbocycles. The number of nitrogens with one attached hydrogen (secondary N) is 2. The van der Waals surface area contributed by atoms with Crippen molar-refractivity contribution in [2.24, 2.45) is 4.99 Å². The molecule has 3 aromatic rings. The van der Waals surface area contributed by atoms with Crippen molar-refractivity contribution in [3.8, 4) is 22.9 Å². The molecule has 0 spiro atoms. The lowest BCUT2D eigenvalue weighted by atomic mass is 9.99. The van der Waals surface area contributed by atoms with Gasteiger partial charge in [-0.1, -0.05) is 18.2 Å². The molecule has 1 aliphatic heterocycles. The first-order chi connectivity index (χ1) is 14.7. The van der Waals surface area contributed by atoms with E-state index in [1.807, 2.05) is 19.2 Å². The summed E-state index contributed by atoms with van der Waals surface area (Å²) in [5, 5.41) is 10.3. The van der Waals surface area contributed by atoms with Crippen LogP contribution in [0.15, 0.2) is 47.7 Å². The zero-order valence-electron chi connectivity index (χ0n) is 17.9. The highest BCUT2D eigenvalue weighted by atomic mass is 127. The Morgan fingerprint density at radius 2 is 1.94 bits per heavy atom. The molecular weight excluding hydrogens is 507 g/mol. The third-order valence-corrected chi connectivity index (χ3v) is 5.30. The van der Waals surface area contributed by atoms with Crippen LogP contribution in [0, 0.1) is 0 Å². The smallest absolute Gasteiger partial charge is 0.194 e. The standard InChI is InChI=1S/C22H26N6O2.HI/c1-23-22(24-12-15-5-4-6-17(9-15)21-25-14-26-27-21)28-8-7-16-10-19(29-2)20(30-3)11-18(16)13-28;/h4-6,9-11,14H,7-8,12-13H2,1-3H3,(H,23,24)(H,25,26,27);1H. The maximum Gasteiger partial charge on any atom is 0.194 e. The molecule has 0 radical (unpaired) electrons. The maximum absolute atomic E-state index is 5.47. The predicted molar refractivity (Wildman–Crippen MR) is 131 cm³/mol. The molecule has 31 heavy (non-hydrogen) atoms. The third-order valence-electron chi connectivity index (χ3n) is 5.30. The van der Waals surface area contributed by atoms with E-state index < -0.39 is 0 Å². The molecule has 9 heteroatoms. The summed E-state index contributed by atoms with van der Waals surface area (Å²) in [6.07, 6.45) is 2.44. The van der Waals surface area contributed by atoms with Gasteiger partial charge < -0.3 is 19.7 Å². The van der Waals surface area contributed by atoms with Crippen LogP contribution in [0.3, 0.4) is 0 Å². The number of methoxy groups -OCH3 is 2. The van der Waals surface area contributed by atoms with Gasteiger partial charge >= 0.3 is 0 Å². The van der Waals surface area contributed by atoms with Crippen LogP contribution in [-0.2, 0) is 19.5 Å². The summed E-state index contributed by atoms with van der Waals surface area (Å²) in [5.74, 6) is 3.17. The van der Waals surface area contributed by atoms with E-state index in [0.29, 0.717) is 6.54 Å². The number of guanidine groups is 1. The van der Waals surface area contributed by atoms with Crippen LogP contribution in [0.25, 0.3) is 11.4 Å². The second-order valence-electron chi connectivity index (χ2n) is 7.08. The fraction of sp³-hybridized carbons (Fsp3) is 0.318. The summed E-state index contributed by atoms with van der Waals surface area (Å²) in [7, 11) is 5.15. The highest BCUT2D eigenvalue weighted by Gasteiger charge is 2.21. The molecule has 2 N–H and O–H groups in total. The van der Waals surface area contributed by atoms with Crippen LogP contribution in [0.1, 0.15) is 16.7 Å². The lowest BCUT2D eigenvalue weighted by molar-refractivity contribution is 0.346. The number of hydrogen-bond donors (Lipinski definition) is 2. The molecule has 0 bridgehead atoms. The van der Waals surface area contributed by atoms with Crippen molar-refractivity contribution < 1.29 is 9.47 Å². The fourth-order valence-electron chi connectivity index (χ4n) is 3.75. The molecule has 0 fully saturated rings. The van der Waals surface area contributed by atoms with Gasteiger partial charge in [-0.2, -0.15) is 5.10 Å². The summed E-state index contributed by atoms with van der Waals surface area (Å²) in [5.41, 5.74) is 4.68. The molecule has 0 unspecified atom stereocenters. The van der Waals surface area contributed by atoms with E-state index >= 15 is 0 Å². The topological polar surface area (TPSA) is 87.7 Å². The van der Waals surface area contributed by atoms with Gasteiger partial charge in [-0.3, -0.25) is 10.1 Å². The molecule has 0 saturated heterocycles. The van der Waals surface area contributed by atoms with Gasteiger partial charge in [0.15, 0.2) is 23.3 Å². The largest absolute Gasteiger partial charge is 0.493 e. The van der Waals surface area contributed by atoms with Crippen molar-refractivity contribution in [2.75, 3.05) is 27.8 Å². The molecule has 0 atom stereocenters. The first kappa shape index (κ1) is 22.9. The minimum atomic E-state index is 0. The molecule has 164 valence electrons. The van der Waals surface area contributed by atoms with Gasteiger partial charge in [0, 0.05) is 32.2 Å². The Kier molecular flexibility index (Phi) is 7.72. The molecule has 2 aromatic carbocycles. The van der Waals surface area contributed by atoms with Gasteiger partial charge in [0.1, 0.15) is 6.33 Å². The van der Waals surface area contributed by atoms with Crippen molar-refractivity contribution in [3.05, 3.63) is 59.4 Å². The highest BCUT2D eigenvalue weighted by Crippen LogP contribution is 2.33. The Labute approximate surface area is 199 Å². The second-order valence-corrected chi connectivity index (χ2v) is 7.08. The number of fused-ring (bicyclic) bond motifs is 1. The molecule has 0 saturated carbocycles. The van der Waals surface area contributed by atoms with Gasteiger partial charge in [0.05, 0.1) is 14.2 Å². The van der Waals surface area contributed by atoms with Crippen molar-refractivity contribution in [1.29, 1.82) is 0 Å². The summed E-state index contributed by atoms with van der Waals surface area (Å²) in [4.78, 5) is 11.0. The number of nitrogens with zero attached hydrogens (tertiary/aromatic N) is 4. The first-order valence-corrected chi connectivity index (χ1v) is 9.86. The number of aliphatic imine (C=N–C) groups is 1. The van der Waals surface area contributed by atoms with E-state index in [0.717, 1.165) is 53.9 Å². The molecule has 2 heterocycles. The molecule has 8 nitrogen and oxygen atoms in total. The number of halogens is 1. The van der Waals surface area contributed by atoms with Gasteiger partial charge in [-0.25, -0.2) is 4.98 Å². The number of hydrogen-bond acceptors (Lipinski definition) is 5. The average Bonchev–Trinajstić information content (AvgIpc) is 3.33. The van der Waals surface area contributed by atoms with E-state index in [4.69, 9.17) is 9.47 Å². The molecule has 0 amide bonds. The third kappa shape index (κ3) is 5.09. The van der Waals surface area contributed by atoms with Gasteiger partial charge in [0.2, 0.25) is 0 Å². The van der Waals surface area contributed by atoms with E-state index in [2.05, 4.69) is 54.7 Å². The fourth-order valence-corrected chi connectivity index (χ4v) is 3.75. The normalized spacial score (nSPS) is 13.3. The zero-order valence-corrected chi connectivity index (χ0v) is 20.2. The van der Waals surface area contributed by atoms with Crippen LogP contribution in [0.5, 0.6) is 11.5 Å². The lowest BCUT2D eigenvalue weighted by Crippen LogP contribution is -2.43. The zero-order chi connectivity index (χ0) is 20.9. The van der Waals surface area contributed by atoms with Crippen LogP contribution in [0.4, 0.5) is 0 Å². The van der Waals surface area contributed by atoms with Crippen LogP contribution < -0.4 is 14.8 Å². The number of aromatic amines is 1. The average molecular weight is 534 g/mol. The Morgan fingerprint density at radius 3 is 2.61 bits per heavy atom. The van der Waals surface area contributed by atoms with Crippen LogP contribution in [0.2, 0.25) is 0 Å². The van der Waals surface area contributed by atoms with E-state index in [1.165, 1.54) is 17.5 Å². The van der Waals surface area contributed by atoms with Crippen molar-refractivity contribution in [2.45, 2.75) is 19.5 Å². The number of H-pyrrole nitrogens is 1. The van der Waals surface area contributed by atoms with Crippen LogP contribution in [-0.4, -0.2) is 53.9 Å². The second kappa shape index (κ2) is 10.5. The van der Waals surface area contributed by atoms with Crippen LogP contribution >= 0.6 is 24.0 Å². The number of ether oxygens (including phenoxy) is 2. The minimum Gasteiger partial charge on any atom is -0.493 e. The van der Waals surface area contributed by atoms with Gasteiger partial charge in [0.25, 0.3) is 0 Å². The SMILES string of the molecule is CN=C(NCc1cccc(-c2ncn[nH]2)c1)N1CCc2cc(OC)c(OC)cc2C1.I. The summed E-state index contributed by atoms with van der Waals surface area (Å²) in [6.45, 7) is 2.33. The Balaban J connectivity index is 0.00000272. The quantitative estimate of drug-likeness (QED) is 0.297. The van der Waals surface area contributed by atoms with E-state index in [-0.39, 0.29) is 24.0 Å². The Morgan fingerprint density at radius 1 is 1.16 bits per heavy atom. The molecule has 1 aromatic heterocycles. The van der Waals surface area contributed by atoms with E-state index in [1.54, 1.807) is 14.2 Å². The summed E-state index contributed by atoms with van der Waals surface area (Å²) in [6, 6.07) is 12.4. The summed E-state index contributed by atoms with van der Waals surface area (Å²) < 4.78 is 10.9. The number of benzene rings is 2. The number of aromatic nitrogens is 3. The Bertz CT molecular complexity index is 1040. The molecular formula is C22H27IN6O2. The van der Waals surface area contributed by atoms with Crippen molar-refractivity contribution in [1.82, 2.24) is 25.4 Å². The minimum absolute atomic E-state index is 0. The van der Waals surface area contributed by atoms with Crippen molar-refractivity contribution >= 4 is 29.9 Å². The monoisotopic (exact) mass is 534 g/mol. The molecule has 4 rings (SSSR count). The van der Waals surface area contributed by atoms with Gasteiger partial charge in [-0.05, 0) is 41.3 Å². The predicted octanol–water partition coefficient (Wildman–Crippen LogP) is 3.24. The highest BCUT2D eigenvalue weighted by molar-refractivity contribution is 14.0. The maximum atomic E-state index is 5.47. The molecule has 1 aliphatic rings. The van der Waals surface area contributed by atoms with Crippen molar-refractivity contribution in [3.63, 3.8) is 0 Å². The van der Waals surface area contributed by atoms with Gasteiger partial charge in [-0.15, -0.1) is 24.0 Å². The lowest BCUT2D eigenvalue weighted by Gasteiger charge is -2.32.